The molecule has 2 heterocycles. The zero-order valence-electron chi connectivity index (χ0n) is 9.58. The highest BCUT2D eigenvalue weighted by molar-refractivity contribution is 5.06. The Labute approximate surface area is 95.6 Å². The third-order valence-corrected chi connectivity index (χ3v) is 3.89. The van der Waals surface area contributed by atoms with E-state index < -0.39 is 0 Å². The molecule has 3 rings (SSSR count). The van der Waals surface area contributed by atoms with Gasteiger partial charge in [0, 0.05) is 0 Å². The molecule has 3 aliphatic rings. The van der Waals surface area contributed by atoms with Crippen molar-refractivity contribution >= 4 is 0 Å². The van der Waals surface area contributed by atoms with Gasteiger partial charge >= 0.3 is 0 Å². The molecule has 0 amide bonds. The lowest BCUT2D eigenvalue weighted by Crippen LogP contribution is -2.19. The third kappa shape index (κ3) is 2.12. The monoisotopic (exact) mass is 228 g/mol. The number of hydrogen-bond donors (Lipinski definition) is 2. The van der Waals surface area contributed by atoms with Gasteiger partial charge in [-0.2, -0.15) is 0 Å². The van der Waals surface area contributed by atoms with Gasteiger partial charge in [-0.1, -0.05) is 13.3 Å². The molecule has 0 aromatic rings. The minimum absolute atomic E-state index is 0.000855. The summed E-state index contributed by atoms with van der Waals surface area (Å²) in [4.78, 5) is 0. The smallest absolute Gasteiger partial charge is 0.115 e. The average molecular weight is 228 g/mol. The summed E-state index contributed by atoms with van der Waals surface area (Å²) in [5.41, 5.74) is 0. The second-order valence-electron chi connectivity index (χ2n) is 5.36. The highest BCUT2D eigenvalue weighted by Crippen LogP contribution is 2.46. The molecule has 0 aromatic heterocycles. The summed E-state index contributed by atoms with van der Waals surface area (Å²) in [6.07, 6.45) is 3.83. The van der Waals surface area contributed by atoms with Crippen LogP contribution in [0, 0.1) is 5.92 Å². The van der Waals surface area contributed by atoms with Gasteiger partial charge in [-0.15, -0.1) is 0 Å². The Morgan fingerprint density at radius 1 is 1.31 bits per heavy atom. The van der Waals surface area contributed by atoms with Crippen LogP contribution in [0.3, 0.4) is 0 Å². The summed E-state index contributed by atoms with van der Waals surface area (Å²) >= 11 is 0. The molecule has 3 fully saturated rings. The maximum absolute atomic E-state index is 9.74. The highest BCUT2D eigenvalue weighted by atomic mass is 16.7. The minimum Gasteiger partial charge on any atom is -0.393 e. The van der Waals surface area contributed by atoms with Gasteiger partial charge in [0.15, 0.2) is 0 Å². The molecule has 7 unspecified atom stereocenters. The molecule has 2 aliphatic heterocycles. The van der Waals surface area contributed by atoms with E-state index in [4.69, 9.17) is 9.47 Å². The Morgan fingerprint density at radius 2 is 2.06 bits per heavy atom. The van der Waals surface area contributed by atoms with Crippen LogP contribution in [0.15, 0.2) is 0 Å². The Bertz CT molecular complexity index is 270. The fraction of sp³-hybridized carbons (Fsp3) is 1.00. The molecule has 0 bridgehead atoms. The van der Waals surface area contributed by atoms with Gasteiger partial charge in [0.25, 0.3) is 0 Å². The molecule has 4 heteroatoms. The first-order valence-electron chi connectivity index (χ1n) is 6.37. The number of epoxide rings is 2. The van der Waals surface area contributed by atoms with Gasteiger partial charge in [-0.3, -0.25) is 0 Å². The van der Waals surface area contributed by atoms with Crippen molar-refractivity contribution in [3.8, 4) is 0 Å². The molecule has 16 heavy (non-hydrogen) atoms. The third-order valence-electron chi connectivity index (χ3n) is 3.89. The van der Waals surface area contributed by atoms with Gasteiger partial charge in [0.05, 0.1) is 18.3 Å². The lowest BCUT2D eigenvalue weighted by Gasteiger charge is -2.03. The van der Waals surface area contributed by atoms with E-state index in [9.17, 15) is 10.2 Å². The Hall–Kier alpha value is -0.160. The van der Waals surface area contributed by atoms with E-state index in [0.717, 1.165) is 25.7 Å². The fourth-order valence-electron chi connectivity index (χ4n) is 2.59. The first-order valence-corrected chi connectivity index (χ1v) is 6.37. The molecule has 7 atom stereocenters. The van der Waals surface area contributed by atoms with Crippen LogP contribution in [-0.4, -0.2) is 46.8 Å². The van der Waals surface area contributed by atoms with Crippen molar-refractivity contribution < 1.29 is 19.7 Å². The van der Waals surface area contributed by atoms with Crippen molar-refractivity contribution in [1.29, 1.82) is 0 Å². The Balaban J connectivity index is 1.38. The fourth-order valence-corrected chi connectivity index (χ4v) is 2.59. The van der Waals surface area contributed by atoms with E-state index in [1.807, 2.05) is 0 Å². The minimum atomic E-state index is -0.327. The normalized spacial score (nSPS) is 51.2. The SMILES string of the molecule is CCCC(O)C1OC1C1OC1CC1CC1O. The van der Waals surface area contributed by atoms with Crippen molar-refractivity contribution in [3.05, 3.63) is 0 Å². The van der Waals surface area contributed by atoms with Crippen LogP contribution in [0.25, 0.3) is 0 Å². The van der Waals surface area contributed by atoms with E-state index in [1.54, 1.807) is 0 Å². The lowest BCUT2D eigenvalue weighted by atomic mass is 10.0. The molecule has 4 nitrogen and oxygen atoms in total. The van der Waals surface area contributed by atoms with E-state index in [2.05, 4.69) is 6.92 Å². The zero-order chi connectivity index (χ0) is 11.3. The molecule has 2 N–H and O–H groups in total. The zero-order valence-corrected chi connectivity index (χ0v) is 9.58. The summed E-state index contributed by atoms with van der Waals surface area (Å²) in [5.74, 6) is 0.452. The van der Waals surface area contributed by atoms with Crippen molar-refractivity contribution in [2.24, 2.45) is 5.92 Å². The second kappa shape index (κ2) is 3.95. The van der Waals surface area contributed by atoms with Crippen LogP contribution in [-0.2, 0) is 9.47 Å². The summed E-state index contributed by atoms with van der Waals surface area (Å²) in [6.45, 7) is 2.06. The van der Waals surface area contributed by atoms with Crippen LogP contribution in [0.4, 0.5) is 0 Å². The van der Waals surface area contributed by atoms with Crippen LogP contribution in [0.2, 0.25) is 0 Å². The van der Waals surface area contributed by atoms with Gasteiger partial charge in [0.1, 0.15) is 18.3 Å². The van der Waals surface area contributed by atoms with Crippen LogP contribution in [0.1, 0.15) is 32.6 Å². The van der Waals surface area contributed by atoms with Gasteiger partial charge in [-0.25, -0.2) is 0 Å². The molecular formula is C12H20O4. The van der Waals surface area contributed by atoms with Gasteiger partial charge in [0.2, 0.25) is 0 Å². The molecule has 2 saturated heterocycles. The summed E-state index contributed by atoms with van der Waals surface area (Å²) in [7, 11) is 0. The summed E-state index contributed by atoms with van der Waals surface area (Å²) < 4.78 is 11.0. The summed E-state index contributed by atoms with van der Waals surface area (Å²) in [5, 5.41) is 19.0. The Kier molecular flexibility index (Phi) is 2.70. The average Bonchev–Trinajstić information content (AvgIpc) is 3.05. The molecular weight excluding hydrogens is 208 g/mol. The molecule has 1 aliphatic carbocycles. The van der Waals surface area contributed by atoms with E-state index in [0.29, 0.717) is 5.92 Å². The Morgan fingerprint density at radius 3 is 2.69 bits per heavy atom. The van der Waals surface area contributed by atoms with Crippen molar-refractivity contribution in [2.75, 3.05) is 0 Å². The van der Waals surface area contributed by atoms with E-state index in [1.165, 1.54) is 0 Å². The molecule has 92 valence electrons. The number of ether oxygens (including phenoxy) is 2. The number of hydrogen-bond acceptors (Lipinski definition) is 4. The number of aliphatic hydroxyl groups is 2. The largest absolute Gasteiger partial charge is 0.393 e. The molecule has 0 spiro atoms. The highest BCUT2D eigenvalue weighted by Gasteiger charge is 2.60. The topological polar surface area (TPSA) is 65.5 Å². The van der Waals surface area contributed by atoms with E-state index in [-0.39, 0.29) is 36.6 Å². The number of aliphatic hydroxyl groups excluding tert-OH is 2. The van der Waals surface area contributed by atoms with Gasteiger partial charge < -0.3 is 19.7 Å². The molecule has 0 radical (unpaired) electrons. The van der Waals surface area contributed by atoms with Crippen molar-refractivity contribution in [2.45, 2.75) is 69.2 Å². The van der Waals surface area contributed by atoms with Crippen molar-refractivity contribution in [1.82, 2.24) is 0 Å². The lowest BCUT2D eigenvalue weighted by molar-refractivity contribution is 0.125. The predicted octanol–water partition coefficient (Wildman–Crippen LogP) is 0.453. The van der Waals surface area contributed by atoms with Gasteiger partial charge in [-0.05, 0) is 25.2 Å². The number of rotatable bonds is 6. The second-order valence-corrected chi connectivity index (χ2v) is 5.36. The van der Waals surface area contributed by atoms with E-state index >= 15 is 0 Å². The first-order chi connectivity index (χ1) is 7.70. The molecule has 0 aromatic carbocycles. The first kappa shape index (κ1) is 11.0. The maximum atomic E-state index is 9.74. The van der Waals surface area contributed by atoms with Crippen LogP contribution in [0.5, 0.6) is 0 Å². The van der Waals surface area contributed by atoms with Crippen molar-refractivity contribution in [3.63, 3.8) is 0 Å². The summed E-state index contributed by atoms with van der Waals surface area (Å²) in [6, 6.07) is 0. The standard InChI is InChI=1S/C12H20O4/c1-2-3-7(13)10-12(16-10)11-9(15-11)5-6-4-8(6)14/h6-14H,2-5H2,1H3. The molecule has 1 saturated carbocycles. The van der Waals surface area contributed by atoms with Crippen LogP contribution < -0.4 is 0 Å². The quantitative estimate of drug-likeness (QED) is 0.648. The predicted molar refractivity (Wildman–Crippen MR) is 57.0 cm³/mol. The maximum Gasteiger partial charge on any atom is 0.115 e. The van der Waals surface area contributed by atoms with Crippen LogP contribution >= 0.6 is 0 Å².